The minimum absolute atomic E-state index is 0.434. The van der Waals surface area contributed by atoms with Crippen LogP contribution in [0.3, 0.4) is 0 Å². The summed E-state index contributed by atoms with van der Waals surface area (Å²) in [5.41, 5.74) is 1.75. The molecule has 7 heteroatoms. The van der Waals surface area contributed by atoms with Crippen molar-refractivity contribution in [2.45, 2.75) is 5.75 Å². The third-order valence-corrected chi connectivity index (χ3v) is 2.80. The van der Waals surface area contributed by atoms with Crippen molar-refractivity contribution in [3.63, 3.8) is 0 Å². The van der Waals surface area contributed by atoms with Gasteiger partial charge in [-0.3, -0.25) is 0 Å². The Morgan fingerprint density at radius 3 is 2.61 bits per heavy atom. The Labute approximate surface area is 115 Å². The summed E-state index contributed by atoms with van der Waals surface area (Å²) in [5.74, 6) is 1.43. The van der Waals surface area contributed by atoms with E-state index in [4.69, 9.17) is 16.6 Å². The van der Waals surface area contributed by atoms with E-state index >= 15 is 0 Å². The number of benzene rings is 1. The Bertz CT molecular complexity index is 538. The van der Waals surface area contributed by atoms with Crippen LogP contribution in [0.25, 0.3) is 11.5 Å². The first-order valence-corrected chi connectivity index (χ1v) is 6.29. The van der Waals surface area contributed by atoms with Crippen molar-refractivity contribution >= 4 is 35.6 Å². The lowest BCUT2D eigenvalue weighted by atomic mass is 10.2. The number of aromatic nitrogens is 2. The van der Waals surface area contributed by atoms with E-state index in [-0.39, 0.29) is 0 Å². The molecule has 0 radical (unpaired) electrons. The highest BCUT2D eigenvalue weighted by Crippen LogP contribution is 2.20. The first-order chi connectivity index (χ1) is 8.72. The molecule has 18 heavy (non-hydrogen) atoms. The molecular formula is C11H12N4OS2. The number of thiol groups is 1. The zero-order valence-electron chi connectivity index (χ0n) is 9.67. The highest BCUT2D eigenvalue weighted by atomic mass is 32.1. The molecule has 2 N–H and O–H groups in total. The summed E-state index contributed by atoms with van der Waals surface area (Å²) in [6.45, 7) is 0. The van der Waals surface area contributed by atoms with Gasteiger partial charge in [-0.25, -0.2) is 0 Å². The van der Waals surface area contributed by atoms with Crippen LogP contribution >= 0.6 is 24.8 Å². The van der Waals surface area contributed by atoms with Crippen LogP contribution < -0.4 is 10.6 Å². The Balaban J connectivity index is 2.14. The van der Waals surface area contributed by atoms with E-state index in [1.165, 1.54) is 0 Å². The lowest BCUT2D eigenvalue weighted by molar-refractivity contribution is 0.529. The highest BCUT2D eigenvalue weighted by molar-refractivity contribution is 7.80. The zero-order chi connectivity index (χ0) is 13.0. The van der Waals surface area contributed by atoms with Crippen LogP contribution in [0.4, 0.5) is 5.69 Å². The number of rotatable bonds is 3. The summed E-state index contributed by atoms with van der Waals surface area (Å²) in [7, 11) is 1.77. The van der Waals surface area contributed by atoms with Crippen LogP contribution in [0.1, 0.15) is 5.89 Å². The van der Waals surface area contributed by atoms with Gasteiger partial charge in [0.15, 0.2) is 5.11 Å². The Morgan fingerprint density at radius 1 is 1.33 bits per heavy atom. The molecule has 0 saturated heterocycles. The second kappa shape index (κ2) is 5.83. The number of hydrogen-bond donors (Lipinski definition) is 3. The molecule has 0 aliphatic rings. The highest BCUT2D eigenvalue weighted by Gasteiger charge is 2.07. The van der Waals surface area contributed by atoms with Crippen molar-refractivity contribution in [1.82, 2.24) is 15.5 Å². The molecule has 0 saturated carbocycles. The second-order valence-electron chi connectivity index (χ2n) is 3.44. The second-order valence-corrected chi connectivity index (χ2v) is 4.17. The number of nitrogens with zero attached hydrogens (tertiary/aromatic N) is 2. The maximum Gasteiger partial charge on any atom is 0.247 e. The Hall–Kier alpha value is -1.60. The monoisotopic (exact) mass is 280 g/mol. The average molecular weight is 280 g/mol. The van der Waals surface area contributed by atoms with E-state index in [0.717, 1.165) is 11.3 Å². The fourth-order valence-electron chi connectivity index (χ4n) is 1.32. The molecular weight excluding hydrogens is 268 g/mol. The molecule has 2 aromatic rings. The van der Waals surface area contributed by atoms with Crippen molar-refractivity contribution in [2.24, 2.45) is 0 Å². The minimum Gasteiger partial charge on any atom is -0.420 e. The van der Waals surface area contributed by atoms with Gasteiger partial charge in [0.05, 0.1) is 5.75 Å². The van der Waals surface area contributed by atoms with Crippen LogP contribution in [0.2, 0.25) is 0 Å². The van der Waals surface area contributed by atoms with Crippen molar-refractivity contribution in [2.75, 3.05) is 12.4 Å². The standard InChI is InChI=1S/C11H12N4OS2/c1-12-11(18)13-8-4-2-7(3-5-8)10-15-14-9(6-17)16-10/h2-5,17H,6H2,1H3,(H2,12,13,18). The average Bonchev–Trinajstić information content (AvgIpc) is 2.88. The SMILES string of the molecule is CNC(=S)Nc1ccc(-c2nnc(CS)o2)cc1. The van der Waals surface area contributed by atoms with Crippen molar-refractivity contribution < 1.29 is 4.42 Å². The van der Waals surface area contributed by atoms with Crippen LogP contribution in [-0.4, -0.2) is 22.4 Å². The van der Waals surface area contributed by atoms with Gasteiger partial charge in [0.25, 0.3) is 0 Å². The van der Waals surface area contributed by atoms with E-state index in [1.54, 1.807) is 7.05 Å². The first kappa shape index (κ1) is 12.8. The molecule has 5 nitrogen and oxygen atoms in total. The summed E-state index contributed by atoms with van der Waals surface area (Å²) in [6, 6.07) is 7.56. The molecule has 0 spiro atoms. The topological polar surface area (TPSA) is 63.0 Å². The largest absolute Gasteiger partial charge is 0.420 e. The third-order valence-electron chi connectivity index (χ3n) is 2.22. The molecule has 1 aromatic carbocycles. The van der Waals surface area contributed by atoms with Gasteiger partial charge in [-0.05, 0) is 36.5 Å². The van der Waals surface area contributed by atoms with Gasteiger partial charge >= 0.3 is 0 Å². The fourth-order valence-corrected chi connectivity index (χ4v) is 1.57. The van der Waals surface area contributed by atoms with Crippen molar-refractivity contribution in [1.29, 1.82) is 0 Å². The zero-order valence-corrected chi connectivity index (χ0v) is 11.4. The van der Waals surface area contributed by atoms with E-state index < -0.39 is 0 Å². The van der Waals surface area contributed by atoms with E-state index in [0.29, 0.717) is 22.6 Å². The minimum atomic E-state index is 0.434. The molecule has 2 rings (SSSR count). The molecule has 0 bridgehead atoms. The molecule has 0 fully saturated rings. The number of hydrogen-bond acceptors (Lipinski definition) is 5. The fraction of sp³-hybridized carbons (Fsp3) is 0.182. The van der Waals surface area contributed by atoms with Crippen molar-refractivity contribution in [3.8, 4) is 11.5 Å². The molecule has 0 aliphatic heterocycles. The summed E-state index contributed by atoms with van der Waals surface area (Å²) in [5, 5.41) is 14.2. The van der Waals surface area contributed by atoms with Gasteiger partial charge in [0.2, 0.25) is 11.8 Å². The van der Waals surface area contributed by atoms with Crippen LogP contribution in [-0.2, 0) is 5.75 Å². The van der Waals surface area contributed by atoms with Gasteiger partial charge < -0.3 is 15.1 Å². The molecule has 0 unspecified atom stereocenters. The molecule has 0 atom stereocenters. The van der Waals surface area contributed by atoms with Crippen LogP contribution in [0.15, 0.2) is 28.7 Å². The molecule has 1 aromatic heterocycles. The summed E-state index contributed by atoms with van der Waals surface area (Å²) < 4.78 is 5.40. The Kier molecular flexibility index (Phi) is 4.16. The number of anilines is 1. The predicted molar refractivity (Wildman–Crippen MR) is 77.7 cm³/mol. The molecule has 0 aliphatic carbocycles. The number of thiocarbonyl (C=S) groups is 1. The normalized spacial score (nSPS) is 10.1. The Morgan fingerprint density at radius 2 is 2.06 bits per heavy atom. The van der Waals surface area contributed by atoms with E-state index in [1.807, 2.05) is 24.3 Å². The maximum atomic E-state index is 5.40. The molecule has 0 amide bonds. The van der Waals surface area contributed by atoms with Gasteiger partial charge in [-0.2, -0.15) is 12.6 Å². The van der Waals surface area contributed by atoms with Gasteiger partial charge in [0.1, 0.15) is 0 Å². The first-order valence-electron chi connectivity index (χ1n) is 5.25. The lowest BCUT2D eigenvalue weighted by Gasteiger charge is -2.06. The lowest BCUT2D eigenvalue weighted by Crippen LogP contribution is -2.23. The van der Waals surface area contributed by atoms with E-state index in [2.05, 4.69) is 33.5 Å². The van der Waals surface area contributed by atoms with Crippen LogP contribution in [0.5, 0.6) is 0 Å². The van der Waals surface area contributed by atoms with E-state index in [9.17, 15) is 0 Å². The summed E-state index contributed by atoms with van der Waals surface area (Å²) in [4.78, 5) is 0. The predicted octanol–water partition coefficient (Wildman–Crippen LogP) is 2.08. The van der Waals surface area contributed by atoms with Gasteiger partial charge in [-0.1, -0.05) is 0 Å². The third kappa shape index (κ3) is 2.99. The summed E-state index contributed by atoms with van der Waals surface area (Å²) >= 11 is 9.08. The van der Waals surface area contributed by atoms with Gasteiger partial charge in [0, 0.05) is 18.3 Å². The molecule has 94 valence electrons. The quantitative estimate of drug-likeness (QED) is 0.591. The van der Waals surface area contributed by atoms with Crippen molar-refractivity contribution in [3.05, 3.63) is 30.2 Å². The van der Waals surface area contributed by atoms with Gasteiger partial charge in [-0.15, -0.1) is 10.2 Å². The molecule has 1 heterocycles. The summed E-state index contributed by atoms with van der Waals surface area (Å²) in [6.07, 6.45) is 0. The smallest absolute Gasteiger partial charge is 0.247 e. The number of nitrogens with one attached hydrogen (secondary N) is 2. The van der Waals surface area contributed by atoms with Crippen LogP contribution in [0, 0.1) is 0 Å². The maximum absolute atomic E-state index is 5.40.